The van der Waals surface area contributed by atoms with Crippen LogP contribution in [0.4, 0.5) is 0 Å². The van der Waals surface area contributed by atoms with E-state index < -0.39 is 0 Å². The van der Waals surface area contributed by atoms with Crippen LogP contribution in [0.2, 0.25) is 0 Å². The molecule has 1 N–H and O–H groups in total. The molecule has 2 nitrogen and oxygen atoms in total. The summed E-state index contributed by atoms with van der Waals surface area (Å²) in [4.78, 5) is 0. The van der Waals surface area contributed by atoms with Crippen LogP contribution in [0, 0.1) is 11.8 Å². The average Bonchev–Trinajstić information content (AvgIpc) is 2.71. The summed E-state index contributed by atoms with van der Waals surface area (Å²) < 4.78 is 5.46. The number of ether oxygens (including phenoxy) is 1. The maximum absolute atomic E-state index is 5.46. The van der Waals surface area contributed by atoms with Gasteiger partial charge < -0.3 is 10.1 Å². The van der Waals surface area contributed by atoms with Gasteiger partial charge in [0.05, 0.1) is 0 Å². The van der Waals surface area contributed by atoms with Gasteiger partial charge in [0.15, 0.2) is 0 Å². The van der Waals surface area contributed by atoms with E-state index in [2.05, 4.69) is 26.1 Å². The minimum atomic E-state index is 0.707. The van der Waals surface area contributed by atoms with Crippen molar-refractivity contribution in [3.8, 4) is 0 Å². The standard InChI is InChI=1S/C14H29NO/c1-4-6-12(3)9-14(15-5-2)10-13-7-8-16-11-13/h12-15H,4-11H2,1-3H3. The fourth-order valence-electron chi connectivity index (χ4n) is 2.82. The quantitative estimate of drug-likeness (QED) is 0.687. The van der Waals surface area contributed by atoms with Crippen LogP contribution in [0.1, 0.15) is 52.9 Å². The summed E-state index contributed by atoms with van der Waals surface area (Å²) in [5.74, 6) is 1.66. The number of nitrogens with one attached hydrogen (secondary N) is 1. The Morgan fingerprint density at radius 2 is 2.19 bits per heavy atom. The zero-order valence-corrected chi connectivity index (χ0v) is 11.3. The van der Waals surface area contributed by atoms with Crippen molar-refractivity contribution >= 4 is 0 Å². The highest BCUT2D eigenvalue weighted by Gasteiger charge is 2.21. The van der Waals surface area contributed by atoms with Crippen molar-refractivity contribution in [2.24, 2.45) is 11.8 Å². The Labute approximate surface area is 101 Å². The fraction of sp³-hybridized carbons (Fsp3) is 1.00. The smallest absolute Gasteiger partial charge is 0.0495 e. The van der Waals surface area contributed by atoms with E-state index in [4.69, 9.17) is 4.74 Å². The molecule has 1 fully saturated rings. The van der Waals surface area contributed by atoms with E-state index in [-0.39, 0.29) is 0 Å². The van der Waals surface area contributed by atoms with Crippen molar-refractivity contribution in [2.45, 2.75) is 58.9 Å². The lowest BCUT2D eigenvalue weighted by Crippen LogP contribution is -2.32. The van der Waals surface area contributed by atoms with E-state index in [0.29, 0.717) is 6.04 Å². The summed E-state index contributed by atoms with van der Waals surface area (Å²) in [6, 6.07) is 0.707. The van der Waals surface area contributed by atoms with Crippen molar-refractivity contribution in [3.05, 3.63) is 0 Å². The largest absolute Gasteiger partial charge is 0.381 e. The van der Waals surface area contributed by atoms with Crippen LogP contribution in [0.25, 0.3) is 0 Å². The molecule has 0 saturated carbocycles. The molecule has 0 aromatic carbocycles. The average molecular weight is 227 g/mol. The van der Waals surface area contributed by atoms with E-state index in [1.165, 1.54) is 32.1 Å². The third-order valence-electron chi connectivity index (χ3n) is 3.60. The minimum absolute atomic E-state index is 0.707. The Balaban J connectivity index is 2.27. The zero-order valence-electron chi connectivity index (χ0n) is 11.3. The van der Waals surface area contributed by atoms with Crippen molar-refractivity contribution in [3.63, 3.8) is 0 Å². The van der Waals surface area contributed by atoms with Gasteiger partial charge >= 0.3 is 0 Å². The van der Waals surface area contributed by atoms with Gasteiger partial charge in [0.1, 0.15) is 0 Å². The monoisotopic (exact) mass is 227 g/mol. The van der Waals surface area contributed by atoms with Crippen LogP contribution in [0.3, 0.4) is 0 Å². The Morgan fingerprint density at radius 1 is 1.38 bits per heavy atom. The molecule has 0 aromatic heterocycles. The normalized spacial score (nSPS) is 24.6. The number of hydrogen-bond acceptors (Lipinski definition) is 2. The first kappa shape index (κ1) is 14.0. The summed E-state index contributed by atoms with van der Waals surface area (Å²) in [6.07, 6.45) is 6.58. The predicted octanol–water partition coefficient (Wildman–Crippen LogP) is 3.22. The summed E-state index contributed by atoms with van der Waals surface area (Å²) in [7, 11) is 0. The second kappa shape index (κ2) is 8.08. The van der Waals surface area contributed by atoms with E-state index >= 15 is 0 Å². The molecule has 0 aliphatic carbocycles. The van der Waals surface area contributed by atoms with Crippen LogP contribution in [0.5, 0.6) is 0 Å². The lowest BCUT2D eigenvalue weighted by molar-refractivity contribution is 0.180. The maximum atomic E-state index is 5.46. The van der Waals surface area contributed by atoms with Gasteiger partial charge in [0.2, 0.25) is 0 Å². The van der Waals surface area contributed by atoms with Crippen molar-refractivity contribution in [2.75, 3.05) is 19.8 Å². The van der Waals surface area contributed by atoms with Crippen molar-refractivity contribution in [1.82, 2.24) is 5.32 Å². The molecule has 0 amide bonds. The molecule has 0 aromatic rings. The van der Waals surface area contributed by atoms with E-state index in [9.17, 15) is 0 Å². The molecular weight excluding hydrogens is 198 g/mol. The van der Waals surface area contributed by atoms with E-state index in [0.717, 1.165) is 31.6 Å². The third kappa shape index (κ3) is 5.31. The summed E-state index contributed by atoms with van der Waals surface area (Å²) in [5, 5.41) is 3.64. The fourth-order valence-corrected chi connectivity index (χ4v) is 2.82. The van der Waals surface area contributed by atoms with Gasteiger partial charge in [-0.15, -0.1) is 0 Å². The Bertz CT molecular complexity index is 166. The lowest BCUT2D eigenvalue weighted by Gasteiger charge is -2.23. The summed E-state index contributed by atoms with van der Waals surface area (Å²) in [6.45, 7) is 9.94. The van der Waals surface area contributed by atoms with Crippen LogP contribution in [0.15, 0.2) is 0 Å². The highest BCUT2D eigenvalue weighted by Crippen LogP contribution is 2.22. The molecule has 1 aliphatic rings. The van der Waals surface area contributed by atoms with Crippen LogP contribution < -0.4 is 5.32 Å². The molecule has 16 heavy (non-hydrogen) atoms. The van der Waals surface area contributed by atoms with Gasteiger partial charge in [0.25, 0.3) is 0 Å². The van der Waals surface area contributed by atoms with Crippen molar-refractivity contribution < 1.29 is 4.74 Å². The maximum Gasteiger partial charge on any atom is 0.0495 e. The summed E-state index contributed by atoms with van der Waals surface area (Å²) in [5.41, 5.74) is 0. The van der Waals surface area contributed by atoms with E-state index in [1.54, 1.807) is 0 Å². The molecule has 3 atom stereocenters. The molecule has 96 valence electrons. The Morgan fingerprint density at radius 3 is 2.75 bits per heavy atom. The molecule has 1 rings (SSSR count). The lowest BCUT2D eigenvalue weighted by atomic mass is 9.90. The van der Waals surface area contributed by atoms with Gasteiger partial charge in [-0.3, -0.25) is 0 Å². The van der Waals surface area contributed by atoms with Gasteiger partial charge in [-0.1, -0.05) is 33.6 Å². The minimum Gasteiger partial charge on any atom is -0.381 e. The second-order valence-corrected chi connectivity index (χ2v) is 5.35. The van der Waals surface area contributed by atoms with Crippen LogP contribution >= 0.6 is 0 Å². The first-order valence-corrected chi connectivity index (χ1v) is 7.07. The first-order chi connectivity index (χ1) is 7.76. The Hall–Kier alpha value is -0.0800. The highest BCUT2D eigenvalue weighted by molar-refractivity contribution is 4.76. The van der Waals surface area contributed by atoms with Gasteiger partial charge in [-0.2, -0.15) is 0 Å². The topological polar surface area (TPSA) is 21.3 Å². The van der Waals surface area contributed by atoms with Gasteiger partial charge in [-0.25, -0.2) is 0 Å². The molecule has 1 saturated heterocycles. The molecule has 0 radical (unpaired) electrons. The molecular formula is C14H29NO. The van der Waals surface area contributed by atoms with Crippen LogP contribution in [-0.4, -0.2) is 25.8 Å². The third-order valence-corrected chi connectivity index (χ3v) is 3.60. The molecule has 0 bridgehead atoms. The molecule has 2 heteroatoms. The zero-order chi connectivity index (χ0) is 11.8. The van der Waals surface area contributed by atoms with Gasteiger partial charge in [0, 0.05) is 19.3 Å². The van der Waals surface area contributed by atoms with E-state index in [1.807, 2.05) is 0 Å². The second-order valence-electron chi connectivity index (χ2n) is 5.35. The first-order valence-electron chi connectivity index (χ1n) is 7.07. The molecule has 3 unspecified atom stereocenters. The number of hydrogen-bond donors (Lipinski definition) is 1. The SMILES string of the molecule is CCCC(C)CC(CC1CCOC1)NCC. The molecule has 1 aliphatic heterocycles. The summed E-state index contributed by atoms with van der Waals surface area (Å²) >= 11 is 0. The Kier molecular flexibility index (Phi) is 7.06. The van der Waals surface area contributed by atoms with Crippen LogP contribution in [-0.2, 0) is 4.74 Å². The van der Waals surface area contributed by atoms with Crippen molar-refractivity contribution in [1.29, 1.82) is 0 Å². The highest BCUT2D eigenvalue weighted by atomic mass is 16.5. The predicted molar refractivity (Wildman–Crippen MR) is 69.7 cm³/mol. The van der Waals surface area contributed by atoms with Gasteiger partial charge in [-0.05, 0) is 37.6 Å². The molecule has 1 heterocycles. The molecule has 0 spiro atoms. The number of rotatable bonds is 8.